The van der Waals surface area contributed by atoms with Gasteiger partial charge in [-0.1, -0.05) is 0 Å². The normalized spacial score (nSPS) is 23.1. The highest BCUT2D eigenvalue weighted by Gasteiger charge is 2.23. The zero-order chi connectivity index (χ0) is 14.5. The van der Waals surface area contributed by atoms with Gasteiger partial charge < -0.3 is 10.6 Å². The first-order chi connectivity index (χ1) is 9.58. The van der Waals surface area contributed by atoms with E-state index < -0.39 is 0 Å². The second-order valence-electron chi connectivity index (χ2n) is 5.33. The number of hydrogen-bond donors (Lipinski definition) is 2. The SMILES string of the molecule is CC1CN(CC(=O)Nc2ccc(C#N)cc2)C(C)CN1. The minimum absolute atomic E-state index is 0.0179. The van der Waals surface area contributed by atoms with Crippen LogP contribution < -0.4 is 10.6 Å². The van der Waals surface area contributed by atoms with Gasteiger partial charge >= 0.3 is 0 Å². The summed E-state index contributed by atoms with van der Waals surface area (Å²) < 4.78 is 0. The second-order valence-corrected chi connectivity index (χ2v) is 5.33. The average Bonchev–Trinajstić information content (AvgIpc) is 2.43. The molecule has 1 saturated heterocycles. The molecule has 2 unspecified atom stereocenters. The molecule has 0 bridgehead atoms. The second kappa shape index (κ2) is 6.51. The summed E-state index contributed by atoms with van der Waals surface area (Å²) in [6.07, 6.45) is 0. The van der Waals surface area contributed by atoms with Crippen molar-refractivity contribution in [1.82, 2.24) is 10.2 Å². The Morgan fingerprint density at radius 1 is 1.45 bits per heavy atom. The van der Waals surface area contributed by atoms with Gasteiger partial charge in [0, 0.05) is 30.9 Å². The van der Waals surface area contributed by atoms with Crippen LogP contribution >= 0.6 is 0 Å². The van der Waals surface area contributed by atoms with E-state index in [1.165, 1.54) is 0 Å². The minimum Gasteiger partial charge on any atom is -0.325 e. The largest absolute Gasteiger partial charge is 0.325 e. The number of anilines is 1. The first-order valence-electron chi connectivity index (χ1n) is 6.86. The van der Waals surface area contributed by atoms with E-state index in [2.05, 4.69) is 35.5 Å². The Bertz CT molecular complexity index is 506. The molecule has 0 spiro atoms. The molecule has 1 aliphatic heterocycles. The van der Waals surface area contributed by atoms with Crippen LogP contribution in [0.3, 0.4) is 0 Å². The zero-order valence-corrected chi connectivity index (χ0v) is 11.9. The van der Waals surface area contributed by atoms with Crippen molar-refractivity contribution in [2.45, 2.75) is 25.9 Å². The van der Waals surface area contributed by atoms with Crippen molar-refractivity contribution < 1.29 is 4.79 Å². The summed E-state index contributed by atoms with van der Waals surface area (Å²) in [5, 5.41) is 15.0. The van der Waals surface area contributed by atoms with Crippen molar-refractivity contribution in [2.75, 3.05) is 25.0 Å². The molecule has 5 nitrogen and oxygen atoms in total. The maximum Gasteiger partial charge on any atom is 0.238 e. The predicted octanol–water partition coefficient (Wildman–Crippen LogP) is 1.18. The van der Waals surface area contributed by atoms with Gasteiger partial charge in [-0.05, 0) is 38.1 Å². The maximum absolute atomic E-state index is 12.0. The summed E-state index contributed by atoms with van der Waals surface area (Å²) in [5.74, 6) is -0.0179. The fourth-order valence-corrected chi connectivity index (χ4v) is 2.33. The molecule has 0 aromatic heterocycles. The van der Waals surface area contributed by atoms with Crippen LogP contribution in [0.4, 0.5) is 5.69 Å². The highest BCUT2D eigenvalue weighted by Crippen LogP contribution is 2.10. The smallest absolute Gasteiger partial charge is 0.238 e. The minimum atomic E-state index is -0.0179. The van der Waals surface area contributed by atoms with Crippen LogP contribution in [0.15, 0.2) is 24.3 Å². The van der Waals surface area contributed by atoms with Gasteiger partial charge in [-0.2, -0.15) is 5.26 Å². The molecule has 1 fully saturated rings. The number of rotatable bonds is 3. The zero-order valence-electron chi connectivity index (χ0n) is 11.9. The Morgan fingerprint density at radius 3 is 2.80 bits per heavy atom. The van der Waals surface area contributed by atoms with E-state index in [1.54, 1.807) is 24.3 Å². The molecule has 2 rings (SSSR count). The molecule has 2 atom stereocenters. The molecular weight excluding hydrogens is 252 g/mol. The summed E-state index contributed by atoms with van der Waals surface area (Å²) in [7, 11) is 0. The summed E-state index contributed by atoms with van der Waals surface area (Å²) in [6, 6.07) is 9.73. The maximum atomic E-state index is 12.0. The first-order valence-corrected chi connectivity index (χ1v) is 6.86. The van der Waals surface area contributed by atoms with Crippen LogP contribution in [0.5, 0.6) is 0 Å². The third-order valence-electron chi connectivity index (χ3n) is 3.54. The van der Waals surface area contributed by atoms with Gasteiger partial charge in [0.05, 0.1) is 18.2 Å². The molecule has 2 N–H and O–H groups in total. The van der Waals surface area contributed by atoms with E-state index >= 15 is 0 Å². The van der Waals surface area contributed by atoms with Gasteiger partial charge in [0.2, 0.25) is 5.91 Å². The standard InChI is InChI=1S/C15H20N4O/c1-11-9-19(12(2)8-17-11)10-15(20)18-14-5-3-13(7-16)4-6-14/h3-6,11-12,17H,8-10H2,1-2H3,(H,18,20). The summed E-state index contributed by atoms with van der Waals surface area (Å²) in [5.41, 5.74) is 1.32. The van der Waals surface area contributed by atoms with Crippen molar-refractivity contribution in [2.24, 2.45) is 0 Å². The summed E-state index contributed by atoms with van der Waals surface area (Å²) in [6.45, 7) is 6.42. The van der Waals surface area contributed by atoms with Crippen LogP contribution in [-0.4, -0.2) is 42.5 Å². The van der Waals surface area contributed by atoms with Crippen LogP contribution in [0.2, 0.25) is 0 Å². The lowest BCUT2D eigenvalue weighted by Gasteiger charge is -2.36. The molecule has 1 amide bonds. The van der Waals surface area contributed by atoms with Crippen LogP contribution in [0, 0.1) is 11.3 Å². The Balaban J connectivity index is 1.89. The third-order valence-corrected chi connectivity index (χ3v) is 3.54. The molecule has 1 aliphatic rings. The number of nitrogens with zero attached hydrogens (tertiary/aromatic N) is 2. The number of carbonyl (C=O) groups is 1. The quantitative estimate of drug-likeness (QED) is 0.867. The third kappa shape index (κ3) is 3.80. The fourth-order valence-electron chi connectivity index (χ4n) is 2.33. The van der Waals surface area contributed by atoms with Gasteiger partial charge in [-0.25, -0.2) is 0 Å². The molecule has 1 aromatic rings. The highest BCUT2D eigenvalue weighted by atomic mass is 16.2. The van der Waals surface area contributed by atoms with Gasteiger partial charge in [0.25, 0.3) is 0 Å². The lowest BCUT2D eigenvalue weighted by molar-refractivity contribution is -0.118. The van der Waals surface area contributed by atoms with E-state index in [0.29, 0.717) is 24.2 Å². The Morgan fingerprint density at radius 2 is 2.15 bits per heavy atom. The number of carbonyl (C=O) groups excluding carboxylic acids is 1. The molecule has 0 aliphatic carbocycles. The van der Waals surface area contributed by atoms with Crippen molar-refractivity contribution >= 4 is 11.6 Å². The van der Waals surface area contributed by atoms with E-state index in [1.807, 2.05) is 0 Å². The molecule has 1 heterocycles. The van der Waals surface area contributed by atoms with Crippen molar-refractivity contribution in [3.05, 3.63) is 29.8 Å². The number of piperazine rings is 1. The topological polar surface area (TPSA) is 68.2 Å². The lowest BCUT2D eigenvalue weighted by Crippen LogP contribution is -2.55. The molecule has 0 radical (unpaired) electrons. The molecule has 20 heavy (non-hydrogen) atoms. The van der Waals surface area contributed by atoms with Crippen LogP contribution in [0.1, 0.15) is 19.4 Å². The molecule has 1 aromatic carbocycles. The van der Waals surface area contributed by atoms with E-state index in [0.717, 1.165) is 18.8 Å². The Labute approximate surface area is 119 Å². The van der Waals surface area contributed by atoms with Crippen molar-refractivity contribution in [3.63, 3.8) is 0 Å². The fraction of sp³-hybridized carbons (Fsp3) is 0.467. The van der Waals surface area contributed by atoms with Crippen LogP contribution in [0.25, 0.3) is 0 Å². The average molecular weight is 272 g/mol. The number of amides is 1. The van der Waals surface area contributed by atoms with Crippen LogP contribution in [-0.2, 0) is 4.79 Å². The molecule has 5 heteroatoms. The Hall–Kier alpha value is -1.90. The van der Waals surface area contributed by atoms with Gasteiger partial charge in [0.1, 0.15) is 0 Å². The predicted molar refractivity (Wildman–Crippen MR) is 78.3 cm³/mol. The molecule has 106 valence electrons. The van der Waals surface area contributed by atoms with Crippen molar-refractivity contribution in [3.8, 4) is 6.07 Å². The van der Waals surface area contributed by atoms with Gasteiger partial charge in [0.15, 0.2) is 0 Å². The molecular formula is C15H20N4O. The van der Waals surface area contributed by atoms with E-state index in [9.17, 15) is 4.79 Å². The van der Waals surface area contributed by atoms with Gasteiger partial charge in [-0.3, -0.25) is 9.69 Å². The number of nitrogens with one attached hydrogen (secondary N) is 2. The van der Waals surface area contributed by atoms with E-state index in [4.69, 9.17) is 5.26 Å². The Kier molecular flexibility index (Phi) is 4.72. The lowest BCUT2D eigenvalue weighted by atomic mass is 10.1. The monoisotopic (exact) mass is 272 g/mol. The number of benzene rings is 1. The highest BCUT2D eigenvalue weighted by molar-refractivity contribution is 5.92. The molecule has 0 saturated carbocycles. The number of nitriles is 1. The van der Waals surface area contributed by atoms with Gasteiger partial charge in [-0.15, -0.1) is 0 Å². The van der Waals surface area contributed by atoms with E-state index in [-0.39, 0.29) is 5.91 Å². The summed E-state index contributed by atoms with van der Waals surface area (Å²) in [4.78, 5) is 14.2. The first kappa shape index (κ1) is 14.5. The van der Waals surface area contributed by atoms with Crippen molar-refractivity contribution in [1.29, 1.82) is 5.26 Å². The number of hydrogen-bond acceptors (Lipinski definition) is 4. The summed E-state index contributed by atoms with van der Waals surface area (Å²) >= 11 is 0.